The van der Waals surface area contributed by atoms with Gasteiger partial charge in [0.25, 0.3) is 0 Å². The number of rotatable bonds is 8. The van der Waals surface area contributed by atoms with Gasteiger partial charge in [-0.15, -0.1) is 0 Å². The van der Waals surface area contributed by atoms with E-state index in [4.69, 9.17) is 5.11 Å². The molecule has 0 spiro atoms. The summed E-state index contributed by atoms with van der Waals surface area (Å²) in [5, 5.41) is 14.7. The molecule has 0 bridgehead atoms. The van der Waals surface area contributed by atoms with Gasteiger partial charge in [0.15, 0.2) is 0 Å². The van der Waals surface area contributed by atoms with Crippen molar-refractivity contribution in [1.29, 1.82) is 0 Å². The fourth-order valence-corrected chi connectivity index (χ4v) is 1.70. The number of hydrogen-bond donors (Lipinski definition) is 3. The minimum atomic E-state index is -1.01. The van der Waals surface area contributed by atoms with Crippen molar-refractivity contribution in [2.45, 2.75) is 25.8 Å². The SMILES string of the molecule is CCNCCC(=O)NC(Cc1ccccc1)C(=O)O. The summed E-state index contributed by atoms with van der Waals surface area (Å²) in [6, 6.07) is 8.38. The lowest BCUT2D eigenvalue weighted by Gasteiger charge is -2.14. The van der Waals surface area contributed by atoms with Crippen LogP contribution in [0.4, 0.5) is 0 Å². The van der Waals surface area contributed by atoms with Crippen molar-refractivity contribution >= 4 is 11.9 Å². The van der Waals surface area contributed by atoms with E-state index >= 15 is 0 Å². The van der Waals surface area contributed by atoms with E-state index < -0.39 is 12.0 Å². The van der Waals surface area contributed by atoms with Crippen molar-refractivity contribution < 1.29 is 14.7 Å². The lowest BCUT2D eigenvalue weighted by atomic mass is 10.1. The lowest BCUT2D eigenvalue weighted by molar-refractivity contribution is -0.141. The number of aliphatic carboxylic acids is 1. The van der Waals surface area contributed by atoms with E-state index in [1.54, 1.807) is 0 Å². The van der Waals surface area contributed by atoms with Crippen molar-refractivity contribution in [3.8, 4) is 0 Å². The zero-order valence-electron chi connectivity index (χ0n) is 11.1. The molecule has 1 atom stereocenters. The first-order chi connectivity index (χ1) is 9.13. The van der Waals surface area contributed by atoms with Crippen LogP contribution >= 0.6 is 0 Å². The normalized spacial score (nSPS) is 11.8. The number of amides is 1. The molecule has 1 unspecified atom stereocenters. The molecule has 0 aliphatic rings. The average Bonchev–Trinajstić information content (AvgIpc) is 2.39. The summed E-state index contributed by atoms with van der Waals surface area (Å²) in [5.41, 5.74) is 0.891. The van der Waals surface area contributed by atoms with Crippen LogP contribution in [0.25, 0.3) is 0 Å². The van der Waals surface area contributed by atoms with E-state index in [2.05, 4.69) is 10.6 Å². The molecule has 104 valence electrons. The van der Waals surface area contributed by atoms with E-state index in [0.717, 1.165) is 12.1 Å². The Bertz CT molecular complexity index is 406. The molecule has 1 aromatic rings. The number of benzene rings is 1. The molecular formula is C14H20N2O3. The summed E-state index contributed by atoms with van der Waals surface area (Å²) in [5.74, 6) is -1.26. The number of carboxylic acid groups (broad SMARTS) is 1. The number of carbonyl (C=O) groups is 2. The smallest absolute Gasteiger partial charge is 0.326 e. The third kappa shape index (κ3) is 6.01. The summed E-state index contributed by atoms with van der Waals surface area (Å²) in [7, 11) is 0. The van der Waals surface area contributed by atoms with Crippen LogP contribution < -0.4 is 10.6 Å². The summed E-state index contributed by atoms with van der Waals surface area (Å²) in [6.07, 6.45) is 0.579. The van der Waals surface area contributed by atoms with Gasteiger partial charge in [0.2, 0.25) is 5.91 Å². The van der Waals surface area contributed by atoms with E-state index in [1.807, 2.05) is 37.3 Å². The van der Waals surface area contributed by atoms with E-state index in [9.17, 15) is 9.59 Å². The van der Waals surface area contributed by atoms with Crippen LogP contribution in [0.15, 0.2) is 30.3 Å². The molecule has 5 nitrogen and oxygen atoms in total. The summed E-state index contributed by atoms with van der Waals surface area (Å²) < 4.78 is 0. The number of carboxylic acids is 1. The maximum Gasteiger partial charge on any atom is 0.326 e. The molecule has 0 aliphatic carbocycles. The number of hydrogen-bond acceptors (Lipinski definition) is 3. The van der Waals surface area contributed by atoms with Gasteiger partial charge >= 0.3 is 5.97 Å². The first kappa shape index (κ1) is 15.2. The Morgan fingerprint density at radius 2 is 1.95 bits per heavy atom. The Hall–Kier alpha value is -1.88. The van der Waals surface area contributed by atoms with E-state index in [-0.39, 0.29) is 12.3 Å². The maximum absolute atomic E-state index is 11.6. The minimum absolute atomic E-state index is 0.246. The van der Waals surface area contributed by atoms with Crippen LogP contribution in [0.1, 0.15) is 18.9 Å². The molecule has 1 aromatic carbocycles. The average molecular weight is 264 g/mol. The first-order valence-corrected chi connectivity index (χ1v) is 6.40. The Morgan fingerprint density at radius 1 is 1.26 bits per heavy atom. The largest absolute Gasteiger partial charge is 0.480 e. The monoisotopic (exact) mass is 264 g/mol. The third-order valence-corrected chi connectivity index (χ3v) is 2.69. The van der Waals surface area contributed by atoms with Crippen molar-refractivity contribution in [3.63, 3.8) is 0 Å². The number of nitrogens with one attached hydrogen (secondary N) is 2. The van der Waals surface area contributed by atoms with Crippen LogP contribution in [0.5, 0.6) is 0 Å². The van der Waals surface area contributed by atoms with Crippen LogP contribution in [-0.2, 0) is 16.0 Å². The molecule has 1 amide bonds. The molecule has 0 radical (unpaired) electrons. The van der Waals surface area contributed by atoms with Crippen LogP contribution in [0, 0.1) is 0 Å². The fourth-order valence-electron chi connectivity index (χ4n) is 1.70. The van der Waals surface area contributed by atoms with Crippen LogP contribution in [0.3, 0.4) is 0 Å². The van der Waals surface area contributed by atoms with Gasteiger partial charge in [0.05, 0.1) is 0 Å². The van der Waals surface area contributed by atoms with E-state index in [1.165, 1.54) is 0 Å². The van der Waals surface area contributed by atoms with Crippen molar-refractivity contribution in [2.75, 3.05) is 13.1 Å². The Balaban J connectivity index is 2.49. The second kappa shape index (κ2) is 8.26. The Morgan fingerprint density at radius 3 is 2.53 bits per heavy atom. The number of carbonyl (C=O) groups excluding carboxylic acids is 1. The molecule has 1 rings (SSSR count). The second-order valence-electron chi connectivity index (χ2n) is 4.25. The third-order valence-electron chi connectivity index (χ3n) is 2.69. The Labute approximate surface area is 113 Å². The highest BCUT2D eigenvalue weighted by molar-refractivity contribution is 5.83. The predicted molar refractivity (Wildman–Crippen MR) is 72.9 cm³/mol. The Kier molecular flexibility index (Phi) is 6.60. The van der Waals surface area contributed by atoms with Gasteiger partial charge in [-0.05, 0) is 12.1 Å². The molecule has 0 aromatic heterocycles. The van der Waals surface area contributed by atoms with Crippen LogP contribution in [0.2, 0.25) is 0 Å². The standard InChI is InChI=1S/C14H20N2O3/c1-2-15-9-8-13(17)16-12(14(18)19)10-11-6-4-3-5-7-11/h3-7,12,15H,2,8-10H2,1H3,(H,16,17)(H,18,19). The van der Waals surface area contributed by atoms with Gasteiger partial charge < -0.3 is 15.7 Å². The second-order valence-corrected chi connectivity index (χ2v) is 4.25. The summed E-state index contributed by atoms with van der Waals surface area (Å²) >= 11 is 0. The molecule has 0 saturated carbocycles. The maximum atomic E-state index is 11.6. The molecule has 19 heavy (non-hydrogen) atoms. The minimum Gasteiger partial charge on any atom is -0.480 e. The van der Waals surface area contributed by atoms with Gasteiger partial charge in [0, 0.05) is 19.4 Å². The zero-order chi connectivity index (χ0) is 14.1. The van der Waals surface area contributed by atoms with Gasteiger partial charge in [0.1, 0.15) is 6.04 Å². The molecule has 0 fully saturated rings. The molecule has 0 heterocycles. The molecule has 0 aliphatic heterocycles. The van der Waals surface area contributed by atoms with Gasteiger partial charge in [-0.3, -0.25) is 4.79 Å². The van der Waals surface area contributed by atoms with Crippen LogP contribution in [-0.4, -0.2) is 36.1 Å². The molecule has 0 saturated heterocycles. The van der Waals surface area contributed by atoms with E-state index in [0.29, 0.717) is 13.0 Å². The fraction of sp³-hybridized carbons (Fsp3) is 0.429. The molecule has 3 N–H and O–H groups in total. The molecule has 5 heteroatoms. The summed E-state index contributed by atoms with van der Waals surface area (Å²) in [4.78, 5) is 22.7. The van der Waals surface area contributed by atoms with Gasteiger partial charge in [-0.1, -0.05) is 37.3 Å². The molecular weight excluding hydrogens is 244 g/mol. The van der Waals surface area contributed by atoms with Crippen molar-refractivity contribution in [3.05, 3.63) is 35.9 Å². The topological polar surface area (TPSA) is 78.4 Å². The lowest BCUT2D eigenvalue weighted by Crippen LogP contribution is -2.43. The quantitative estimate of drug-likeness (QED) is 0.607. The van der Waals surface area contributed by atoms with Gasteiger partial charge in [-0.25, -0.2) is 4.79 Å². The highest BCUT2D eigenvalue weighted by Gasteiger charge is 2.19. The first-order valence-electron chi connectivity index (χ1n) is 6.40. The summed E-state index contributed by atoms with van der Waals surface area (Å²) in [6.45, 7) is 3.30. The highest BCUT2D eigenvalue weighted by Crippen LogP contribution is 2.03. The van der Waals surface area contributed by atoms with Gasteiger partial charge in [-0.2, -0.15) is 0 Å². The van der Waals surface area contributed by atoms with Crippen molar-refractivity contribution in [2.24, 2.45) is 0 Å². The van der Waals surface area contributed by atoms with Crippen molar-refractivity contribution in [1.82, 2.24) is 10.6 Å². The highest BCUT2D eigenvalue weighted by atomic mass is 16.4. The predicted octanol–water partition coefficient (Wildman–Crippen LogP) is 0.798. The zero-order valence-corrected chi connectivity index (χ0v) is 11.1.